The normalized spacial score (nSPS) is 10.5. The molecule has 0 saturated carbocycles. The number of aryl methyl sites for hydroxylation is 4. The molecule has 0 atom stereocenters. The molecule has 0 radical (unpaired) electrons. The van der Waals surface area contributed by atoms with Gasteiger partial charge in [0.05, 0.1) is 0 Å². The third kappa shape index (κ3) is 3.11. The minimum atomic E-state index is -0.415. The van der Waals surface area contributed by atoms with Crippen molar-refractivity contribution < 1.29 is 9.21 Å². The summed E-state index contributed by atoms with van der Waals surface area (Å²) in [5.74, 6) is 0.429. The molecule has 4 heteroatoms. The third-order valence-electron chi connectivity index (χ3n) is 3.71. The highest BCUT2D eigenvalue weighted by molar-refractivity contribution is 6.05. The fraction of sp³-hybridized carbons (Fsp3) is 0.333. The van der Waals surface area contributed by atoms with Gasteiger partial charge in [0, 0.05) is 11.8 Å². The molecule has 0 aliphatic heterocycles. The SMILES string of the molecule is CCc1cccc(CC)c1NC(=O)c1c(C)oc(C)cc1=O. The topological polar surface area (TPSA) is 59.3 Å². The molecule has 0 aliphatic rings. The Labute approximate surface area is 130 Å². The van der Waals surface area contributed by atoms with Crippen LogP contribution in [0.5, 0.6) is 0 Å². The molecular formula is C18H21NO3. The zero-order valence-electron chi connectivity index (χ0n) is 13.4. The first-order valence-electron chi connectivity index (χ1n) is 7.51. The van der Waals surface area contributed by atoms with Crippen molar-refractivity contribution in [2.24, 2.45) is 0 Å². The number of carbonyl (C=O) groups is 1. The molecule has 0 spiro atoms. The standard InChI is InChI=1S/C18H21NO3/c1-5-13-8-7-9-14(6-2)17(13)19-18(21)16-12(4)22-11(3)10-15(16)20/h7-10H,5-6H2,1-4H3,(H,19,21). The van der Waals surface area contributed by atoms with E-state index < -0.39 is 5.91 Å². The predicted octanol–water partition coefficient (Wildman–Crippen LogP) is 3.63. The van der Waals surface area contributed by atoms with Crippen LogP contribution in [0.15, 0.2) is 33.5 Å². The monoisotopic (exact) mass is 299 g/mol. The molecule has 1 aromatic carbocycles. The lowest BCUT2D eigenvalue weighted by atomic mass is 10.0. The number of hydrogen-bond acceptors (Lipinski definition) is 3. The van der Waals surface area contributed by atoms with Gasteiger partial charge >= 0.3 is 0 Å². The van der Waals surface area contributed by atoms with Gasteiger partial charge in [-0.2, -0.15) is 0 Å². The second-order valence-electron chi connectivity index (χ2n) is 5.26. The highest BCUT2D eigenvalue weighted by Crippen LogP contribution is 2.23. The van der Waals surface area contributed by atoms with Gasteiger partial charge in [-0.25, -0.2) is 0 Å². The first-order chi connectivity index (χ1) is 10.5. The Hall–Kier alpha value is -2.36. The second kappa shape index (κ2) is 6.60. The van der Waals surface area contributed by atoms with Gasteiger partial charge in [0.1, 0.15) is 17.1 Å². The zero-order valence-corrected chi connectivity index (χ0v) is 13.4. The van der Waals surface area contributed by atoms with Crippen LogP contribution in [0.4, 0.5) is 5.69 Å². The Morgan fingerprint density at radius 1 is 1.14 bits per heavy atom. The van der Waals surface area contributed by atoms with E-state index in [1.165, 1.54) is 6.07 Å². The van der Waals surface area contributed by atoms with E-state index in [0.717, 1.165) is 29.7 Å². The zero-order chi connectivity index (χ0) is 16.3. The van der Waals surface area contributed by atoms with Gasteiger partial charge in [-0.1, -0.05) is 32.0 Å². The molecule has 4 nitrogen and oxygen atoms in total. The van der Waals surface area contributed by atoms with Gasteiger partial charge < -0.3 is 9.73 Å². The molecule has 0 bridgehead atoms. The van der Waals surface area contributed by atoms with Crippen LogP contribution in [0, 0.1) is 13.8 Å². The quantitative estimate of drug-likeness (QED) is 0.937. The lowest BCUT2D eigenvalue weighted by Crippen LogP contribution is -2.23. The van der Waals surface area contributed by atoms with Crippen molar-refractivity contribution in [2.45, 2.75) is 40.5 Å². The van der Waals surface area contributed by atoms with Crippen LogP contribution in [0.1, 0.15) is 46.9 Å². The lowest BCUT2D eigenvalue weighted by molar-refractivity contribution is 0.102. The Morgan fingerprint density at radius 2 is 1.73 bits per heavy atom. The van der Waals surface area contributed by atoms with Crippen LogP contribution in [-0.4, -0.2) is 5.91 Å². The largest absolute Gasteiger partial charge is 0.466 e. The van der Waals surface area contributed by atoms with Crippen molar-refractivity contribution in [1.82, 2.24) is 0 Å². The number of anilines is 1. The lowest BCUT2D eigenvalue weighted by Gasteiger charge is -2.14. The summed E-state index contributed by atoms with van der Waals surface area (Å²) in [6.07, 6.45) is 1.62. The van der Waals surface area contributed by atoms with E-state index in [9.17, 15) is 9.59 Å². The summed E-state index contributed by atoms with van der Waals surface area (Å²) in [6, 6.07) is 7.30. The van der Waals surface area contributed by atoms with Crippen molar-refractivity contribution >= 4 is 11.6 Å². The second-order valence-corrected chi connectivity index (χ2v) is 5.26. The van der Waals surface area contributed by atoms with Crippen LogP contribution in [0.3, 0.4) is 0 Å². The Balaban J connectivity index is 2.44. The van der Waals surface area contributed by atoms with E-state index >= 15 is 0 Å². The van der Waals surface area contributed by atoms with E-state index in [-0.39, 0.29) is 11.0 Å². The van der Waals surface area contributed by atoms with Crippen molar-refractivity contribution in [3.8, 4) is 0 Å². The molecule has 1 N–H and O–H groups in total. The number of hydrogen-bond donors (Lipinski definition) is 1. The fourth-order valence-corrected chi connectivity index (χ4v) is 2.60. The van der Waals surface area contributed by atoms with Crippen molar-refractivity contribution in [2.75, 3.05) is 5.32 Å². The first-order valence-corrected chi connectivity index (χ1v) is 7.51. The van der Waals surface area contributed by atoms with Gasteiger partial charge in [-0.15, -0.1) is 0 Å². The number of nitrogens with one attached hydrogen (secondary N) is 1. The van der Waals surface area contributed by atoms with E-state index in [1.54, 1.807) is 13.8 Å². The molecule has 0 saturated heterocycles. The number of rotatable bonds is 4. The average Bonchev–Trinajstić information content (AvgIpc) is 2.46. The molecule has 2 rings (SSSR count). The third-order valence-corrected chi connectivity index (χ3v) is 3.71. The number of carbonyl (C=O) groups excluding carboxylic acids is 1. The molecule has 1 amide bonds. The van der Waals surface area contributed by atoms with Gasteiger partial charge in [-0.05, 0) is 37.8 Å². The molecule has 1 aromatic heterocycles. The van der Waals surface area contributed by atoms with Crippen LogP contribution in [-0.2, 0) is 12.8 Å². The smallest absolute Gasteiger partial charge is 0.263 e. The highest BCUT2D eigenvalue weighted by atomic mass is 16.3. The number of amides is 1. The van der Waals surface area contributed by atoms with Gasteiger partial charge in [0.2, 0.25) is 0 Å². The summed E-state index contributed by atoms with van der Waals surface area (Å²) in [7, 11) is 0. The molecule has 2 aromatic rings. The molecule has 0 fully saturated rings. The van der Waals surface area contributed by atoms with Crippen LogP contribution < -0.4 is 10.7 Å². The summed E-state index contributed by atoms with van der Waals surface area (Å²) in [4.78, 5) is 24.6. The van der Waals surface area contributed by atoms with Crippen molar-refractivity contribution in [3.63, 3.8) is 0 Å². The summed E-state index contributed by atoms with van der Waals surface area (Å²) in [5, 5.41) is 2.90. The van der Waals surface area contributed by atoms with Crippen LogP contribution in [0.2, 0.25) is 0 Å². The Bertz CT molecular complexity index is 737. The molecule has 1 heterocycles. The Kier molecular flexibility index (Phi) is 4.81. The summed E-state index contributed by atoms with van der Waals surface area (Å²) >= 11 is 0. The van der Waals surface area contributed by atoms with Gasteiger partial charge in [-0.3, -0.25) is 9.59 Å². The van der Waals surface area contributed by atoms with Crippen LogP contribution >= 0.6 is 0 Å². The van der Waals surface area contributed by atoms with Crippen molar-refractivity contribution in [3.05, 3.63) is 62.7 Å². The molecule has 0 aliphatic carbocycles. The van der Waals surface area contributed by atoms with Gasteiger partial charge in [0.15, 0.2) is 5.43 Å². The van der Waals surface area contributed by atoms with Crippen molar-refractivity contribution in [1.29, 1.82) is 0 Å². The summed E-state index contributed by atoms with van der Waals surface area (Å²) in [5.41, 5.74) is 2.67. The van der Waals surface area contributed by atoms with E-state index in [2.05, 4.69) is 5.32 Å². The van der Waals surface area contributed by atoms with E-state index in [4.69, 9.17) is 4.42 Å². The predicted molar refractivity (Wildman–Crippen MR) is 87.6 cm³/mol. The van der Waals surface area contributed by atoms with E-state index in [1.807, 2.05) is 32.0 Å². The van der Waals surface area contributed by atoms with E-state index in [0.29, 0.717) is 11.5 Å². The Morgan fingerprint density at radius 3 is 2.23 bits per heavy atom. The fourth-order valence-electron chi connectivity index (χ4n) is 2.60. The first kappa shape index (κ1) is 16.0. The highest BCUT2D eigenvalue weighted by Gasteiger charge is 2.18. The average molecular weight is 299 g/mol. The molecule has 22 heavy (non-hydrogen) atoms. The summed E-state index contributed by atoms with van der Waals surface area (Å²) < 4.78 is 5.40. The summed E-state index contributed by atoms with van der Waals surface area (Å²) in [6.45, 7) is 7.40. The minimum Gasteiger partial charge on any atom is -0.466 e. The minimum absolute atomic E-state index is 0.0681. The molecular weight excluding hydrogens is 278 g/mol. The number of benzene rings is 1. The molecule has 116 valence electrons. The molecule has 0 unspecified atom stereocenters. The van der Waals surface area contributed by atoms with Crippen LogP contribution in [0.25, 0.3) is 0 Å². The maximum atomic E-state index is 12.5. The number of para-hydroxylation sites is 1. The maximum absolute atomic E-state index is 12.5. The van der Waals surface area contributed by atoms with Gasteiger partial charge in [0.25, 0.3) is 5.91 Å². The maximum Gasteiger partial charge on any atom is 0.263 e.